The molecule has 1 saturated heterocycles. The summed E-state index contributed by atoms with van der Waals surface area (Å²) >= 11 is 0. The molecule has 2 N–H and O–H groups in total. The molecule has 1 atom stereocenters. The van der Waals surface area contributed by atoms with E-state index in [1.54, 1.807) is 33.3 Å². The van der Waals surface area contributed by atoms with E-state index in [-0.39, 0.29) is 12.5 Å². The molecule has 1 aliphatic heterocycles. The van der Waals surface area contributed by atoms with Gasteiger partial charge in [0.15, 0.2) is 0 Å². The van der Waals surface area contributed by atoms with Gasteiger partial charge in [0, 0.05) is 6.54 Å². The molecule has 142 valence electrons. The van der Waals surface area contributed by atoms with E-state index in [0.29, 0.717) is 30.9 Å². The lowest BCUT2D eigenvalue weighted by Crippen LogP contribution is -2.44. The van der Waals surface area contributed by atoms with Crippen LogP contribution in [0, 0.1) is 0 Å². The third-order valence-corrected chi connectivity index (χ3v) is 4.56. The van der Waals surface area contributed by atoms with Gasteiger partial charge < -0.3 is 20.1 Å². The van der Waals surface area contributed by atoms with Crippen LogP contribution in [0.2, 0.25) is 0 Å². The Balaban J connectivity index is 1.90. The second-order valence-electron chi connectivity index (χ2n) is 6.28. The summed E-state index contributed by atoms with van der Waals surface area (Å²) in [6.45, 7) is 3.51. The largest absolute Gasteiger partial charge is 0.497 e. The van der Waals surface area contributed by atoms with Crippen LogP contribution in [-0.4, -0.2) is 55.6 Å². The van der Waals surface area contributed by atoms with E-state index in [1.807, 2.05) is 13.0 Å². The third-order valence-electron chi connectivity index (χ3n) is 4.56. The molecule has 1 aromatic carbocycles. The molecular formula is C18H25N3O5. The number of hydrogen-bond donors (Lipinski definition) is 2. The molecule has 1 heterocycles. The number of hydrogen-bond acceptors (Lipinski definition) is 5. The van der Waals surface area contributed by atoms with Crippen molar-refractivity contribution >= 4 is 17.8 Å². The number of carbonyl (C=O) groups excluding carboxylic acids is 3. The number of imide groups is 1. The summed E-state index contributed by atoms with van der Waals surface area (Å²) in [6.07, 6.45) is 0.990. The summed E-state index contributed by atoms with van der Waals surface area (Å²) in [6, 6.07) is 4.90. The van der Waals surface area contributed by atoms with Crippen LogP contribution in [0.4, 0.5) is 4.79 Å². The van der Waals surface area contributed by atoms with E-state index in [4.69, 9.17) is 9.47 Å². The number of nitrogens with one attached hydrogen (secondary N) is 2. The second kappa shape index (κ2) is 8.07. The fourth-order valence-corrected chi connectivity index (χ4v) is 2.74. The van der Waals surface area contributed by atoms with Crippen molar-refractivity contribution in [3.63, 3.8) is 0 Å². The quantitative estimate of drug-likeness (QED) is 0.674. The highest BCUT2D eigenvalue weighted by Crippen LogP contribution is 2.24. The Morgan fingerprint density at radius 3 is 2.58 bits per heavy atom. The monoisotopic (exact) mass is 363 g/mol. The number of carbonyl (C=O) groups is 3. The fourth-order valence-electron chi connectivity index (χ4n) is 2.74. The van der Waals surface area contributed by atoms with Crippen LogP contribution in [0.5, 0.6) is 11.5 Å². The Labute approximate surface area is 152 Å². The van der Waals surface area contributed by atoms with Gasteiger partial charge in [-0.1, -0.05) is 6.92 Å². The number of rotatable bonds is 8. The molecule has 0 radical (unpaired) electrons. The third kappa shape index (κ3) is 4.07. The molecule has 1 unspecified atom stereocenters. The van der Waals surface area contributed by atoms with Gasteiger partial charge in [0.25, 0.3) is 5.91 Å². The zero-order valence-corrected chi connectivity index (χ0v) is 15.5. The van der Waals surface area contributed by atoms with Gasteiger partial charge in [-0.05, 0) is 43.5 Å². The molecule has 1 aromatic rings. The lowest BCUT2D eigenvalue weighted by Gasteiger charge is -2.19. The van der Waals surface area contributed by atoms with Gasteiger partial charge >= 0.3 is 6.03 Å². The van der Waals surface area contributed by atoms with Crippen LogP contribution < -0.4 is 20.1 Å². The summed E-state index contributed by atoms with van der Waals surface area (Å²) in [5.74, 6) is 0.628. The van der Waals surface area contributed by atoms with Crippen molar-refractivity contribution in [1.82, 2.24) is 15.5 Å². The van der Waals surface area contributed by atoms with Gasteiger partial charge in [-0.25, -0.2) is 4.79 Å². The summed E-state index contributed by atoms with van der Waals surface area (Å²) in [7, 11) is 3.15. The Hall–Kier alpha value is -2.77. The van der Waals surface area contributed by atoms with Gasteiger partial charge in [0.1, 0.15) is 23.6 Å². The molecular weight excluding hydrogens is 338 g/mol. The van der Waals surface area contributed by atoms with Crippen LogP contribution in [0.15, 0.2) is 18.2 Å². The van der Waals surface area contributed by atoms with E-state index < -0.39 is 17.5 Å². The van der Waals surface area contributed by atoms with E-state index in [1.165, 1.54) is 0 Å². The zero-order valence-electron chi connectivity index (χ0n) is 15.5. The van der Waals surface area contributed by atoms with Gasteiger partial charge in [0.05, 0.1) is 14.2 Å². The molecule has 2 rings (SSSR count). The molecule has 8 nitrogen and oxygen atoms in total. The first kappa shape index (κ1) is 19.6. The maximum Gasteiger partial charge on any atom is 0.325 e. The number of nitrogens with zero attached hydrogens (tertiary/aromatic N) is 1. The van der Waals surface area contributed by atoms with Crippen LogP contribution in [-0.2, 0) is 16.0 Å². The number of ether oxygens (including phenoxy) is 2. The SMILES string of the molecule is CCC1(C)NC(=O)N(CC(=O)NCCc2cc(OC)ccc2OC)C1=O. The molecule has 26 heavy (non-hydrogen) atoms. The average Bonchev–Trinajstić information content (AvgIpc) is 2.85. The lowest BCUT2D eigenvalue weighted by molar-refractivity contribution is -0.134. The summed E-state index contributed by atoms with van der Waals surface area (Å²) in [5.41, 5.74) is -0.0496. The van der Waals surface area contributed by atoms with Crippen LogP contribution >= 0.6 is 0 Å². The van der Waals surface area contributed by atoms with Crippen molar-refractivity contribution in [2.45, 2.75) is 32.2 Å². The predicted octanol–water partition coefficient (Wildman–Crippen LogP) is 1.08. The molecule has 0 aliphatic carbocycles. The number of amides is 4. The topological polar surface area (TPSA) is 97.0 Å². The minimum absolute atomic E-state index is 0.296. The van der Waals surface area contributed by atoms with E-state index in [9.17, 15) is 14.4 Å². The second-order valence-corrected chi connectivity index (χ2v) is 6.28. The zero-order chi connectivity index (χ0) is 19.3. The first-order chi connectivity index (χ1) is 12.3. The van der Waals surface area contributed by atoms with E-state index in [2.05, 4.69) is 10.6 Å². The van der Waals surface area contributed by atoms with Crippen LogP contribution in [0.25, 0.3) is 0 Å². The van der Waals surface area contributed by atoms with E-state index >= 15 is 0 Å². The smallest absolute Gasteiger partial charge is 0.325 e. The number of urea groups is 1. The molecule has 8 heteroatoms. The fraction of sp³-hybridized carbons (Fsp3) is 0.500. The molecule has 0 aromatic heterocycles. The van der Waals surface area contributed by atoms with Crippen molar-refractivity contribution in [3.05, 3.63) is 23.8 Å². The standard InChI is InChI=1S/C18H25N3O5/c1-5-18(2)16(23)21(17(24)20-18)11-15(22)19-9-8-12-10-13(25-3)6-7-14(12)26-4/h6-7,10H,5,8-9,11H2,1-4H3,(H,19,22)(H,20,24). The maximum atomic E-state index is 12.3. The molecule has 1 aliphatic rings. The molecule has 1 fully saturated rings. The Bertz CT molecular complexity index is 706. The predicted molar refractivity (Wildman–Crippen MR) is 95.2 cm³/mol. The molecule has 4 amide bonds. The minimum atomic E-state index is -0.939. The van der Waals surface area contributed by atoms with Gasteiger partial charge in [-0.2, -0.15) is 0 Å². The first-order valence-corrected chi connectivity index (χ1v) is 8.46. The highest BCUT2D eigenvalue weighted by atomic mass is 16.5. The van der Waals surface area contributed by atoms with Gasteiger partial charge in [-0.15, -0.1) is 0 Å². The highest BCUT2D eigenvalue weighted by Gasteiger charge is 2.46. The maximum absolute atomic E-state index is 12.3. The normalized spacial score (nSPS) is 19.3. The average molecular weight is 363 g/mol. The highest BCUT2D eigenvalue weighted by molar-refractivity contribution is 6.08. The van der Waals surface area contributed by atoms with Crippen molar-refractivity contribution in [3.8, 4) is 11.5 Å². The van der Waals surface area contributed by atoms with Crippen molar-refractivity contribution in [1.29, 1.82) is 0 Å². The summed E-state index contributed by atoms with van der Waals surface area (Å²) < 4.78 is 10.5. The lowest BCUT2D eigenvalue weighted by atomic mass is 9.99. The summed E-state index contributed by atoms with van der Waals surface area (Å²) in [4.78, 5) is 37.3. The summed E-state index contributed by atoms with van der Waals surface area (Å²) in [5, 5.41) is 5.35. The van der Waals surface area contributed by atoms with Crippen molar-refractivity contribution in [2.75, 3.05) is 27.3 Å². The Morgan fingerprint density at radius 1 is 1.27 bits per heavy atom. The van der Waals surface area contributed by atoms with Crippen LogP contribution in [0.3, 0.4) is 0 Å². The molecule has 0 saturated carbocycles. The Morgan fingerprint density at radius 2 is 2.00 bits per heavy atom. The van der Waals surface area contributed by atoms with Gasteiger partial charge in [0.2, 0.25) is 5.91 Å². The number of methoxy groups -OCH3 is 2. The molecule has 0 bridgehead atoms. The first-order valence-electron chi connectivity index (χ1n) is 8.46. The Kier molecular flexibility index (Phi) is 6.07. The van der Waals surface area contributed by atoms with Gasteiger partial charge in [-0.3, -0.25) is 14.5 Å². The molecule has 0 spiro atoms. The van der Waals surface area contributed by atoms with Crippen LogP contribution in [0.1, 0.15) is 25.8 Å². The van der Waals surface area contributed by atoms with Crippen molar-refractivity contribution in [2.24, 2.45) is 0 Å². The minimum Gasteiger partial charge on any atom is -0.497 e. The number of benzene rings is 1. The van der Waals surface area contributed by atoms with Crippen molar-refractivity contribution < 1.29 is 23.9 Å². The van der Waals surface area contributed by atoms with E-state index in [0.717, 1.165) is 10.5 Å².